The monoisotopic (exact) mass is 243 g/mol. The fourth-order valence-corrected chi connectivity index (χ4v) is 0.866. The molecule has 1 atom stereocenters. The van der Waals surface area contributed by atoms with Crippen LogP contribution in [0, 0.1) is 0 Å². The normalized spacial score (nSPS) is 13.9. The molecule has 0 radical (unpaired) electrons. The van der Waals surface area contributed by atoms with Gasteiger partial charge in [0.1, 0.15) is 5.38 Å². The highest BCUT2D eigenvalue weighted by Gasteiger charge is 2.26. The molecule has 0 saturated heterocycles. The smallest absolute Gasteiger partial charge is 0.390 e. The van der Waals surface area contributed by atoms with Crippen molar-refractivity contribution >= 4 is 17.6 Å². The Morgan fingerprint density at radius 1 is 1.47 bits per heavy atom. The molecule has 0 aliphatic rings. The maximum atomic E-state index is 11.8. The molecule has 0 aliphatic carbocycles. The first-order chi connectivity index (χ1) is 6.88. The van der Waals surface area contributed by atoms with Crippen LogP contribution in [0.3, 0.4) is 0 Å². The zero-order chi connectivity index (χ0) is 11.5. The predicted octanol–water partition coefficient (Wildman–Crippen LogP) is 2.73. The van der Waals surface area contributed by atoms with Gasteiger partial charge in [-0.25, -0.2) is 0 Å². The van der Waals surface area contributed by atoms with Gasteiger partial charge in [0.2, 0.25) is 5.89 Å². The van der Waals surface area contributed by atoms with Crippen molar-refractivity contribution in [2.24, 2.45) is 0 Å². The van der Waals surface area contributed by atoms with E-state index in [-0.39, 0.29) is 18.5 Å². The number of halogens is 4. The average Bonchev–Trinajstić information content (AvgIpc) is 2.50. The molecule has 1 N–H and O–H groups in total. The lowest BCUT2D eigenvalue weighted by Crippen LogP contribution is -2.14. The molecule has 4 nitrogen and oxygen atoms in total. The highest BCUT2D eigenvalue weighted by molar-refractivity contribution is 6.20. The first-order valence-electron chi connectivity index (χ1n) is 4.16. The van der Waals surface area contributed by atoms with Crippen LogP contribution < -0.4 is 5.32 Å². The van der Waals surface area contributed by atoms with Crippen LogP contribution in [0.15, 0.2) is 4.42 Å². The highest BCUT2D eigenvalue weighted by atomic mass is 35.5. The molecule has 1 aromatic heterocycles. The third kappa shape index (κ3) is 4.37. The summed E-state index contributed by atoms with van der Waals surface area (Å²) >= 11 is 5.62. The van der Waals surface area contributed by atoms with E-state index in [9.17, 15) is 13.2 Å². The minimum absolute atomic E-state index is 0.0539. The van der Waals surface area contributed by atoms with E-state index >= 15 is 0 Å². The van der Waals surface area contributed by atoms with Gasteiger partial charge in [-0.2, -0.15) is 13.2 Å². The zero-order valence-electron chi connectivity index (χ0n) is 7.81. The van der Waals surface area contributed by atoms with E-state index in [4.69, 9.17) is 16.0 Å². The van der Waals surface area contributed by atoms with Gasteiger partial charge in [-0.3, -0.25) is 0 Å². The van der Waals surface area contributed by atoms with Gasteiger partial charge in [-0.15, -0.1) is 16.7 Å². The van der Waals surface area contributed by atoms with Crippen molar-refractivity contribution in [3.63, 3.8) is 0 Å². The minimum atomic E-state index is -4.20. The molecule has 1 heterocycles. The molecule has 0 bridgehead atoms. The van der Waals surface area contributed by atoms with Gasteiger partial charge < -0.3 is 9.73 Å². The number of aromatic nitrogens is 2. The molecule has 15 heavy (non-hydrogen) atoms. The molecule has 0 aliphatic heterocycles. The van der Waals surface area contributed by atoms with Crippen LogP contribution in [0.1, 0.15) is 24.6 Å². The van der Waals surface area contributed by atoms with Crippen molar-refractivity contribution in [1.82, 2.24) is 10.2 Å². The zero-order valence-corrected chi connectivity index (χ0v) is 8.56. The van der Waals surface area contributed by atoms with Crippen LogP contribution in [0.2, 0.25) is 0 Å². The Kier molecular flexibility index (Phi) is 3.78. The summed E-state index contributed by atoms with van der Waals surface area (Å²) in [6.45, 7) is 1.32. The Balaban J connectivity index is 2.38. The van der Waals surface area contributed by atoms with Crippen molar-refractivity contribution in [3.05, 3.63) is 5.89 Å². The summed E-state index contributed by atoms with van der Waals surface area (Å²) in [5.74, 6) is 0.172. The fourth-order valence-electron chi connectivity index (χ4n) is 0.778. The SMILES string of the molecule is CC(Cl)c1nnc(NCCC(F)(F)F)o1. The summed E-state index contributed by atoms with van der Waals surface area (Å²) in [7, 11) is 0. The largest absolute Gasteiger partial charge is 0.407 e. The van der Waals surface area contributed by atoms with Gasteiger partial charge >= 0.3 is 12.2 Å². The molecule has 1 aromatic rings. The minimum Gasteiger partial charge on any atom is -0.407 e. The van der Waals surface area contributed by atoms with Gasteiger partial charge in [-0.05, 0) is 6.92 Å². The van der Waals surface area contributed by atoms with E-state index in [0.29, 0.717) is 0 Å². The fraction of sp³-hybridized carbons (Fsp3) is 0.714. The van der Waals surface area contributed by atoms with E-state index in [0.717, 1.165) is 0 Å². The molecular weight excluding hydrogens is 235 g/mol. The van der Waals surface area contributed by atoms with Crippen LogP contribution in [0.25, 0.3) is 0 Å². The number of alkyl halides is 4. The van der Waals surface area contributed by atoms with Gasteiger partial charge in [0.25, 0.3) is 0 Å². The number of nitrogens with one attached hydrogen (secondary N) is 1. The van der Waals surface area contributed by atoms with Crippen molar-refractivity contribution in [3.8, 4) is 0 Å². The van der Waals surface area contributed by atoms with Crippen LogP contribution in [0.4, 0.5) is 19.2 Å². The molecular formula is C7H9ClF3N3O. The Morgan fingerprint density at radius 2 is 2.13 bits per heavy atom. The second kappa shape index (κ2) is 4.69. The van der Waals surface area contributed by atoms with Crippen molar-refractivity contribution in [2.45, 2.75) is 24.9 Å². The van der Waals surface area contributed by atoms with Crippen molar-refractivity contribution in [2.75, 3.05) is 11.9 Å². The van der Waals surface area contributed by atoms with Crippen LogP contribution in [0.5, 0.6) is 0 Å². The Labute approximate surface area is 88.8 Å². The Bertz CT molecular complexity index is 313. The maximum Gasteiger partial charge on any atom is 0.390 e. The summed E-state index contributed by atoms with van der Waals surface area (Å²) in [5, 5.41) is 8.91. The van der Waals surface area contributed by atoms with Crippen LogP contribution in [-0.4, -0.2) is 22.9 Å². The molecule has 0 amide bonds. The third-order valence-electron chi connectivity index (χ3n) is 1.47. The van der Waals surface area contributed by atoms with E-state index in [1.807, 2.05) is 0 Å². The molecule has 0 aromatic carbocycles. The number of hydrogen-bond acceptors (Lipinski definition) is 4. The molecule has 1 unspecified atom stereocenters. The summed E-state index contributed by atoms with van der Waals surface area (Å²) in [5.41, 5.74) is 0. The van der Waals surface area contributed by atoms with Crippen molar-refractivity contribution < 1.29 is 17.6 Å². The Morgan fingerprint density at radius 3 is 2.60 bits per heavy atom. The first kappa shape index (κ1) is 12.1. The standard InChI is InChI=1S/C7H9ClF3N3O/c1-4(8)5-13-14-6(15-5)12-3-2-7(9,10)11/h4H,2-3H2,1H3,(H,12,14). The number of anilines is 1. The number of nitrogens with zero attached hydrogens (tertiary/aromatic N) is 2. The maximum absolute atomic E-state index is 11.8. The quantitative estimate of drug-likeness (QED) is 0.826. The second-order valence-corrected chi connectivity index (χ2v) is 3.51. The van der Waals surface area contributed by atoms with Gasteiger partial charge in [-0.1, -0.05) is 5.10 Å². The first-order valence-corrected chi connectivity index (χ1v) is 4.60. The van der Waals surface area contributed by atoms with E-state index < -0.39 is 18.0 Å². The Hall–Kier alpha value is -0.980. The molecule has 0 fully saturated rings. The number of hydrogen-bond donors (Lipinski definition) is 1. The van der Waals surface area contributed by atoms with Gasteiger partial charge in [0.15, 0.2) is 0 Å². The lowest BCUT2D eigenvalue weighted by molar-refractivity contribution is -0.131. The summed E-state index contributed by atoms with van der Waals surface area (Å²) < 4.78 is 40.2. The second-order valence-electron chi connectivity index (χ2n) is 2.85. The molecule has 0 spiro atoms. The lowest BCUT2D eigenvalue weighted by Gasteiger charge is -2.05. The van der Waals surface area contributed by atoms with Crippen LogP contribution in [-0.2, 0) is 0 Å². The predicted molar refractivity (Wildman–Crippen MR) is 47.7 cm³/mol. The lowest BCUT2D eigenvalue weighted by atomic mass is 10.4. The summed E-state index contributed by atoms with van der Waals surface area (Å²) in [6, 6.07) is -0.0539. The van der Waals surface area contributed by atoms with Gasteiger partial charge in [0.05, 0.1) is 6.42 Å². The van der Waals surface area contributed by atoms with E-state index in [2.05, 4.69) is 15.5 Å². The molecule has 86 valence electrons. The number of rotatable bonds is 4. The topological polar surface area (TPSA) is 51.0 Å². The average molecular weight is 244 g/mol. The summed E-state index contributed by atoms with van der Waals surface area (Å²) in [6.07, 6.45) is -5.16. The van der Waals surface area contributed by atoms with E-state index in [1.165, 1.54) is 0 Å². The molecule has 0 saturated carbocycles. The van der Waals surface area contributed by atoms with Crippen molar-refractivity contribution in [1.29, 1.82) is 0 Å². The van der Waals surface area contributed by atoms with Gasteiger partial charge in [0, 0.05) is 6.54 Å². The molecule has 8 heteroatoms. The van der Waals surface area contributed by atoms with E-state index in [1.54, 1.807) is 6.92 Å². The highest BCUT2D eigenvalue weighted by Crippen LogP contribution is 2.21. The molecule has 1 rings (SSSR count). The third-order valence-corrected chi connectivity index (χ3v) is 1.65. The van der Waals surface area contributed by atoms with Crippen LogP contribution >= 0.6 is 11.6 Å². The summed E-state index contributed by atoms with van der Waals surface area (Å²) in [4.78, 5) is 0.